The molecule has 1 aliphatic carbocycles. The fourth-order valence-electron chi connectivity index (χ4n) is 1.03. The van der Waals surface area contributed by atoms with Gasteiger partial charge in [0.1, 0.15) is 6.10 Å². The van der Waals surface area contributed by atoms with Gasteiger partial charge < -0.3 is 15.3 Å². The third kappa shape index (κ3) is 2.15. The summed E-state index contributed by atoms with van der Waals surface area (Å²) < 4.78 is 0. The van der Waals surface area contributed by atoms with Crippen molar-refractivity contribution in [1.29, 1.82) is 0 Å². The topological polar surface area (TPSA) is 60.7 Å². The standard InChI is InChI=1S/C8H12O3/c9-7(8(10)11)6-4-2-1-3-5-6/h2,4-5,7-11H,1,3H2. The van der Waals surface area contributed by atoms with Crippen LogP contribution in [-0.2, 0) is 0 Å². The highest BCUT2D eigenvalue weighted by atomic mass is 16.5. The summed E-state index contributed by atoms with van der Waals surface area (Å²) in [6.07, 6.45) is 4.40. The Kier molecular flexibility index (Phi) is 2.82. The monoisotopic (exact) mass is 156 g/mol. The van der Waals surface area contributed by atoms with E-state index in [-0.39, 0.29) is 0 Å². The molecule has 62 valence electrons. The minimum atomic E-state index is -1.68. The summed E-state index contributed by atoms with van der Waals surface area (Å²) in [5, 5.41) is 26.3. The molecule has 0 aromatic heterocycles. The Balaban J connectivity index is 2.59. The lowest BCUT2D eigenvalue weighted by Gasteiger charge is -2.15. The molecule has 3 nitrogen and oxygen atoms in total. The molecule has 0 bridgehead atoms. The molecule has 0 saturated heterocycles. The molecule has 0 spiro atoms. The average Bonchev–Trinajstić information content (AvgIpc) is 2.05. The molecule has 3 N–H and O–H groups in total. The van der Waals surface area contributed by atoms with Gasteiger partial charge in [-0.15, -0.1) is 0 Å². The number of hydrogen-bond acceptors (Lipinski definition) is 3. The highest BCUT2D eigenvalue weighted by Crippen LogP contribution is 2.14. The fourth-order valence-corrected chi connectivity index (χ4v) is 1.03. The zero-order valence-electron chi connectivity index (χ0n) is 6.14. The van der Waals surface area contributed by atoms with E-state index < -0.39 is 12.4 Å². The number of hydrogen-bond donors (Lipinski definition) is 3. The molecule has 1 rings (SSSR count). The van der Waals surface area contributed by atoms with Gasteiger partial charge in [-0.25, -0.2) is 0 Å². The molecular formula is C8H12O3. The van der Waals surface area contributed by atoms with Gasteiger partial charge in [-0.2, -0.15) is 0 Å². The van der Waals surface area contributed by atoms with Gasteiger partial charge in [0.15, 0.2) is 6.29 Å². The van der Waals surface area contributed by atoms with Crippen molar-refractivity contribution in [2.24, 2.45) is 0 Å². The molecule has 1 atom stereocenters. The molecule has 0 aliphatic heterocycles. The van der Waals surface area contributed by atoms with Crippen molar-refractivity contribution >= 4 is 0 Å². The lowest BCUT2D eigenvalue weighted by molar-refractivity contribution is -0.106. The normalized spacial score (nSPS) is 20.2. The van der Waals surface area contributed by atoms with E-state index in [4.69, 9.17) is 15.3 Å². The molecule has 0 radical (unpaired) electrons. The van der Waals surface area contributed by atoms with Crippen LogP contribution in [0.25, 0.3) is 0 Å². The van der Waals surface area contributed by atoms with Crippen LogP contribution in [0.1, 0.15) is 12.8 Å². The molecular weight excluding hydrogens is 144 g/mol. The van der Waals surface area contributed by atoms with Crippen molar-refractivity contribution in [3.05, 3.63) is 23.8 Å². The Morgan fingerprint density at radius 1 is 1.18 bits per heavy atom. The van der Waals surface area contributed by atoms with Gasteiger partial charge in [0.05, 0.1) is 0 Å². The highest BCUT2D eigenvalue weighted by molar-refractivity contribution is 5.26. The minimum Gasteiger partial charge on any atom is -0.383 e. The van der Waals surface area contributed by atoms with Gasteiger partial charge in [0.2, 0.25) is 0 Å². The lowest BCUT2D eigenvalue weighted by Crippen LogP contribution is -2.26. The van der Waals surface area contributed by atoms with Crippen molar-refractivity contribution < 1.29 is 15.3 Å². The maximum absolute atomic E-state index is 9.13. The molecule has 0 heterocycles. The van der Waals surface area contributed by atoms with Gasteiger partial charge in [-0.05, 0) is 18.4 Å². The molecule has 0 saturated carbocycles. The summed E-state index contributed by atoms with van der Waals surface area (Å²) in [5.74, 6) is 0. The molecule has 3 heteroatoms. The fraction of sp³-hybridized carbons (Fsp3) is 0.500. The van der Waals surface area contributed by atoms with Crippen molar-refractivity contribution in [3.8, 4) is 0 Å². The molecule has 0 fully saturated rings. The van der Waals surface area contributed by atoms with Gasteiger partial charge in [-0.1, -0.05) is 18.2 Å². The predicted octanol–water partition coefficient (Wildman–Crippen LogP) is -0.0656. The summed E-state index contributed by atoms with van der Waals surface area (Å²) >= 11 is 0. The average molecular weight is 156 g/mol. The van der Waals surface area contributed by atoms with Crippen LogP contribution in [0.15, 0.2) is 23.8 Å². The molecule has 0 aromatic rings. The van der Waals surface area contributed by atoms with Crippen molar-refractivity contribution in [3.63, 3.8) is 0 Å². The van der Waals surface area contributed by atoms with Crippen LogP contribution in [0.5, 0.6) is 0 Å². The van der Waals surface area contributed by atoms with E-state index in [1.807, 2.05) is 12.2 Å². The Morgan fingerprint density at radius 2 is 1.91 bits per heavy atom. The van der Waals surface area contributed by atoms with E-state index in [1.165, 1.54) is 0 Å². The largest absolute Gasteiger partial charge is 0.383 e. The first-order valence-electron chi connectivity index (χ1n) is 3.62. The zero-order chi connectivity index (χ0) is 8.27. The van der Waals surface area contributed by atoms with E-state index in [0.29, 0.717) is 5.57 Å². The minimum absolute atomic E-state index is 0.589. The molecule has 0 amide bonds. The molecule has 11 heavy (non-hydrogen) atoms. The zero-order valence-corrected chi connectivity index (χ0v) is 6.14. The first-order valence-corrected chi connectivity index (χ1v) is 3.62. The highest BCUT2D eigenvalue weighted by Gasteiger charge is 2.16. The summed E-state index contributed by atoms with van der Waals surface area (Å²) in [7, 11) is 0. The van der Waals surface area contributed by atoms with Crippen LogP contribution in [0.2, 0.25) is 0 Å². The summed E-state index contributed by atoms with van der Waals surface area (Å²) in [4.78, 5) is 0. The molecule has 1 unspecified atom stereocenters. The van der Waals surface area contributed by atoms with E-state index in [0.717, 1.165) is 12.8 Å². The van der Waals surface area contributed by atoms with Gasteiger partial charge in [0, 0.05) is 0 Å². The van der Waals surface area contributed by atoms with Gasteiger partial charge in [0.25, 0.3) is 0 Å². The third-order valence-corrected chi connectivity index (χ3v) is 1.65. The summed E-state index contributed by atoms with van der Waals surface area (Å²) in [6.45, 7) is 0. The second kappa shape index (κ2) is 3.67. The second-order valence-electron chi connectivity index (χ2n) is 2.54. The van der Waals surface area contributed by atoms with Crippen molar-refractivity contribution in [1.82, 2.24) is 0 Å². The summed E-state index contributed by atoms with van der Waals surface area (Å²) in [6, 6.07) is 0. The van der Waals surface area contributed by atoms with Crippen LogP contribution in [0.3, 0.4) is 0 Å². The Bertz CT molecular complexity index is 182. The van der Waals surface area contributed by atoms with E-state index in [1.54, 1.807) is 6.08 Å². The second-order valence-corrected chi connectivity index (χ2v) is 2.54. The Labute approximate surface area is 65.3 Å². The Hall–Kier alpha value is -0.640. The van der Waals surface area contributed by atoms with Crippen molar-refractivity contribution in [2.75, 3.05) is 0 Å². The van der Waals surface area contributed by atoms with Crippen LogP contribution >= 0.6 is 0 Å². The van der Waals surface area contributed by atoms with Gasteiger partial charge >= 0.3 is 0 Å². The van der Waals surface area contributed by atoms with Crippen LogP contribution < -0.4 is 0 Å². The first kappa shape index (κ1) is 8.46. The maximum atomic E-state index is 9.13. The van der Waals surface area contributed by atoms with E-state index in [2.05, 4.69) is 0 Å². The quantitative estimate of drug-likeness (QED) is 0.491. The molecule has 0 aromatic carbocycles. The summed E-state index contributed by atoms with van der Waals surface area (Å²) in [5.41, 5.74) is 0.589. The van der Waals surface area contributed by atoms with Crippen LogP contribution in [-0.4, -0.2) is 27.7 Å². The number of aliphatic hydroxyl groups is 3. The SMILES string of the molecule is OC(O)C(O)C1=CCCC=C1. The van der Waals surface area contributed by atoms with E-state index in [9.17, 15) is 0 Å². The smallest absolute Gasteiger partial charge is 0.182 e. The van der Waals surface area contributed by atoms with Crippen molar-refractivity contribution in [2.45, 2.75) is 25.2 Å². The predicted molar refractivity (Wildman–Crippen MR) is 40.7 cm³/mol. The first-order chi connectivity index (χ1) is 5.22. The number of allylic oxidation sites excluding steroid dienone is 2. The van der Waals surface area contributed by atoms with Crippen LogP contribution in [0, 0.1) is 0 Å². The Morgan fingerprint density at radius 3 is 2.36 bits per heavy atom. The molecule has 1 aliphatic rings. The van der Waals surface area contributed by atoms with E-state index >= 15 is 0 Å². The number of rotatable bonds is 2. The third-order valence-electron chi connectivity index (χ3n) is 1.65. The lowest BCUT2D eigenvalue weighted by atomic mass is 10.0. The number of aliphatic hydroxyl groups excluding tert-OH is 2. The van der Waals surface area contributed by atoms with Gasteiger partial charge in [-0.3, -0.25) is 0 Å². The van der Waals surface area contributed by atoms with Crippen LogP contribution in [0.4, 0.5) is 0 Å². The maximum Gasteiger partial charge on any atom is 0.182 e.